The van der Waals surface area contributed by atoms with Crippen LogP contribution in [0, 0.1) is 0 Å². The summed E-state index contributed by atoms with van der Waals surface area (Å²) in [7, 11) is 0. The third kappa shape index (κ3) is 5.61. The van der Waals surface area contributed by atoms with Crippen molar-refractivity contribution in [2.24, 2.45) is 0 Å². The van der Waals surface area contributed by atoms with Crippen molar-refractivity contribution in [3.05, 3.63) is 64.7 Å². The maximum atomic E-state index is 12.1. The van der Waals surface area contributed by atoms with Gasteiger partial charge in [0.15, 0.2) is 0 Å². The molecule has 2 aromatic rings. The van der Waals surface area contributed by atoms with Gasteiger partial charge < -0.3 is 15.4 Å². The number of halogens is 1. The van der Waals surface area contributed by atoms with Crippen molar-refractivity contribution in [2.45, 2.75) is 6.92 Å². The number of hydrogen-bond acceptors (Lipinski definition) is 4. The Morgan fingerprint density at radius 2 is 1.64 bits per heavy atom. The van der Waals surface area contributed by atoms with Crippen molar-refractivity contribution in [3.8, 4) is 5.75 Å². The largest absolute Gasteiger partial charge is 0.427 e. The minimum atomic E-state index is -0.458. The van der Waals surface area contributed by atoms with Gasteiger partial charge in [0, 0.05) is 25.6 Å². The van der Waals surface area contributed by atoms with Gasteiger partial charge in [0.05, 0.1) is 10.6 Å². The van der Waals surface area contributed by atoms with Crippen molar-refractivity contribution < 1.29 is 19.1 Å². The molecule has 0 heterocycles. The van der Waals surface area contributed by atoms with Gasteiger partial charge in [-0.05, 0) is 30.3 Å². The molecule has 7 heteroatoms. The lowest BCUT2D eigenvalue weighted by molar-refractivity contribution is -0.131. The smallest absolute Gasteiger partial charge is 0.308 e. The van der Waals surface area contributed by atoms with Crippen molar-refractivity contribution in [3.63, 3.8) is 0 Å². The van der Waals surface area contributed by atoms with Crippen molar-refractivity contribution in [1.29, 1.82) is 0 Å². The van der Waals surface area contributed by atoms with E-state index in [1.807, 2.05) is 0 Å². The molecule has 2 aromatic carbocycles. The topological polar surface area (TPSA) is 84.5 Å². The number of carbonyl (C=O) groups excluding carboxylic acids is 3. The summed E-state index contributed by atoms with van der Waals surface area (Å²) in [5, 5.41) is 5.72. The number of ether oxygens (including phenoxy) is 1. The number of carbonyl (C=O) groups is 3. The van der Waals surface area contributed by atoms with Crippen LogP contribution >= 0.6 is 11.6 Å². The average Bonchev–Trinajstić information content (AvgIpc) is 2.58. The molecule has 0 atom stereocenters. The predicted octanol–water partition coefficient (Wildman–Crippen LogP) is 2.43. The second-order valence-corrected chi connectivity index (χ2v) is 5.52. The Morgan fingerprint density at radius 1 is 0.960 bits per heavy atom. The van der Waals surface area contributed by atoms with E-state index in [1.165, 1.54) is 13.0 Å². The lowest BCUT2D eigenvalue weighted by Crippen LogP contribution is -2.34. The Bertz CT molecular complexity index is 792. The number of nitrogens with one attached hydrogen (secondary N) is 2. The Hall–Kier alpha value is -2.86. The van der Waals surface area contributed by atoms with Gasteiger partial charge in [0.25, 0.3) is 11.8 Å². The zero-order valence-corrected chi connectivity index (χ0v) is 14.3. The van der Waals surface area contributed by atoms with Gasteiger partial charge in [-0.3, -0.25) is 14.4 Å². The SMILES string of the molecule is CC(=O)Oc1cccc(C(=O)NCCNC(=O)c2ccccc2Cl)c1. The lowest BCUT2D eigenvalue weighted by atomic mass is 10.2. The van der Waals surface area contributed by atoms with Crippen LogP contribution in [-0.2, 0) is 4.79 Å². The van der Waals surface area contributed by atoms with E-state index < -0.39 is 5.97 Å². The normalized spacial score (nSPS) is 10.0. The highest BCUT2D eigenvalue weighted by atomic mass is 35.5. The highest BCUT2D eigenvalue weighted by molar-refractivity contribution is 6.33. The first-order valence-electron chi connectivity index (χ1n) is 7.57. The highest BCUT2D eigenvalue weighted by Crippen LogP contribution is 2.14. The van der Waals surface area contributed by atoms with Crippen LogP contribution in [0.25, 0.3) is 0 Å². The maximum absolute atomic E-state index is 12.1. The standard InChI is InChI=1S/C18H17ClN2O4/c1-12(22)25-14-6-4-5-13(11-14)17(23)20-9-10-21-18(24)15-7-2-3-8-16(15)19/h2-8,11H,9-10H2,1H3,(H,20,23)(H,21,24). The molecule has 0 aliphatic carbocycles. The van der Waals surface area contributed by atoms with Crippen LogP contribution in [0.3, 0.4) is 0 Å². The molecule has 0 saturated carbocycles. The number of rotatable bonds is 6. The van der Waals surface area contributed by atoms with Crippen LogP contribution in [0.15, 0.2) is 48.5 Å². The first-order valence-corrected chi connectivity index (χ1v) is 7.94. The van der Waals surface area contributed by atoms with Crippen LogP contribution in [0.4, 0.5) is 0 Å². The van der Waals surface area contributed by atoms with E-state index in [0.717, 1.165) is 0 Å². The third-order valence-corrected chi connectivity index (χ3v) is 3.50. The molecule has 6 nitrogen and oxygen atoms in total. The molecule has 2 N–H and O–H groups in total. The molecule has 25 heavy (non-hydrogen) atoms. The maximum Gasteiger partial charge on any atom is 0.308 e. The van der Waals surface area contributed by atoms with E-state index in [9.17, 15) is 14.4 Å². The summed E-state index contributed by atoms with van der Waals surface area (Å²) < 4.78 is 4.93. The molecule has 2 amide bonds. The van der Waals surface area contributed by atoms with Gasteiger partial charge in [0.1, 0.15) is 5.75 Å². The summed E-state index contributed by atoms with van der Waals surface area (Å²) in [6, 6.07) is 13.0. The predicted molar refractivity (Wildman–Crippen MR) is 93.9 cm³/mol. The minimum absolute atomic E-state index is 0.243. The number of amides is 2. The fraction of sp³-hybridized carbons (Fsp3) is 0.167. The molecule has 0 aliphatic rings. The molecule has 2 rings (SSSR count). The van der Waals surface area contributed by atoms with E-state index in [-0.39, 0.29) is 24.9 Å². The van der Waals surface area contributed by atoms with Crippen LogP contribution in [-0.4, -0.2) is 30.9 Å². The molecule has 0 spiro atoms. The Balaban J connectivity index is 1.82. The summed E-state index contributed by atoms with van der Waals surface area (Å²) in [6.07, 6.45) is 0. The van der Waals surface area contributed by atoms with Gasteiger partial charge in [0.2, 0.25) is 0 Å². The molecule has 0 aliphatic heterocycles. The quantitative estimate of drug-likeness (QED) is 0.470. The molecule has 0 radical (unpaired) electrons. The molecule has 0 fully saturated rings. The third-order valence-electron chi connectivity index (χ3n) is 3.17. The Kier molecular flexibility index (Phi) is 6.54. The van der Waals surface area contributed by atoms with Crippen molar-refractivity contribution in [2.75, 3.05) is 13.1 Å². The highest BCUT2D eigenvalue weighted by Gasteiger charge is 2.10. The Morgan fingerprint density at radius 3 is 2.32 bits per heavy atom. The van der Waals surface area contributed by atoms with E-state index in [1.54, 1.807) is 42.5 Å². The van der Waals surface area contributed by atoms with E-state index in [0.29, 0.717) is 21.9 Å². The molecule has 0 unspecified atom stereocenters. The second kappa shape index (κ2) is 8.84. The van der Waals surface area contributed by atoms with Gasteiger partial charge in [-0.25, -0.2) is 0 Å². The van der Waals surface area contributed by atoms with Gasteiger partial charge in [-0.15, -0.1) is 0 Å². The number of esters is 1. The van der Waals surface area contributed by atoms with Crippen molar-refractivity contribution in [1.82, 2.24) is 10.6 Å². The molecular weight excluding hydrogens is 344 g/mol. The van der Waals surface area contributed by atoms with Gasteiger partial charge in [-0.2, -0.15) is 0 Å². The Labute approximate surface area is 150 Å². The number of hydrogen-bond donors (Lipinski definition) is 2. The zero-order valence-electron chi connectivity index (χ0n) is 13.5. The minimum Gasteiger partial charge on any atom is -0.427 e. The van der Waals surface area contributed by atoms with E-state index in [4.69, 9.17) is 16.3 Å². The fourth-order valence-corrected chi connectivity index (χ4v) is 2.28. The van der Waals surface area contributed by atoms with Gasteiger partial charge >= 0.3 is 5.97 Å². The van der Waals surface area contributed by atoms with E-state index in [2.05, 4.69) is 10.6 Å². The van der Waals surface area contributed by atoms with E-state index >= 15 is 0 Å². The molecular formula is C18H17ClN2O4. The average molecular weight is 361 g/mol. The fourth-order valence-electron chi connectivity index (χ4n) is 2.06. The first-order chi connectivity index (χ1) is 12.0. The van der Waals surface area contributed by atoms with Crippen LogP contribution in [0.2, 0.25) is 5.02 Å². The molecule has 0 saturated heterocycles. The molecule has 0 bridgehead atoms. The summed E-state index contributed by atoms with van der Waals surface area (Å²) in [4.78, 5) is 35.0. The number of benzene rings is 2. The zero-order chi connectivity index (χ0) is 18.2. The first kappa shape index (κ1) is 18.5. The van der Waals surface area contributed by atoms with Crippen molar-refractivity contribution >= 4 is 29.4 Å². The van der Waals surface area contributed by atoms with Gasteiger partial charge in [-0.1, -0.05) is 29.8 Å². The monoisotopic (exact) mass is 360 g/mol. The summed E-state index contributed by atoms with van der Waals surface area (Å²) >= 11 is 5.95. The van der Waals surface area contributed by atoms with Crippen LogP contribution in [0.1, 0.15) is 27.6 Å². The molecule has 0 aromatic heterocycles. The lowest BCUT2D eigenvalue weighted by Gasteiger charge is -2.09. The summed E-state index contributed by atoms with van der Waals surface area (Å²) in [5.74, 6) is -0.801. The summed E-state index contributed by atoms with van der Waals surface area (Å²) in [5.41, 5.74) is 0.737. The summed E-state index contributed by atoms with van der Waals surface area (Å²) in [6.45, 7) is 1.78. The molecule has 130 valence electrons. The van der Waals surface area contributed by atoms with Crippen LogP contribution < -0.4 is 15.4 Å². The second-order valence-electron chi connectivity index (χ2n) is 5.11. The van der Waals surface area contributed by atoms with Crippen LogP contribution in [0.5, 0.6) is 5.75 Å².